The van der Waals surface area contributed by atoms with Gasteiger partial charge in [-0.1, -0.05) is 12.1 Å². The Morgan fingerprint density at radius 1 is 1.33 bits per heavy atom. The second-order valence-corrected chi connectivity index (χ2v) is 4.71. The van der Waals surface area contributed by atoms with Crippen molar-refractivity contribution >= 4 is 11.6 Å². The highest BCUT2D eigenvalue weighted by Gasteiger charge is 2.04. The lowest BCUT2D eigenvalue weighted by Gasteiger charge is -2.12. The average Bonchev–Trinajstić information content (AvgIpc) is 2.34. The smallest absolute Gasteiger partial charge is 0.220 e. The molecule has 0 saturated carbocycles. The molecular weight excluding hydrogens is 228 g/mol. The molecule has 0 saturated heterocycles. The van der Waals surface area contributed by atoms with Gasteiger partial charge in [-0.25, -0.2) is 0 Å². The summed E-state index contributed by atoms with van der Waals surface area (Å²) in [6.45, 7) is 1.97. The molecule has 0 aromatic heterocycles. The SMILES string of the molecule is CC(O)CNC(=O)CCc1ccc(N(C)C)cc1. The number of nitrogens with one attached hydrogen (secondary N) is 1. The molecule has 1 unspecified atom stereocenters. The topological polar surface area (TPSA) is 52.6 Å². The summed E-state index contributed by atoms with van der Waals surface area (Å²) in [6, 6.07) is 8.17. The Hall–Kier alpha value is -1.55. The minimum absolute atomic E-state index is 0.0208. The summed E-state index contributed by atoms with van der Waals surface area (Å²) in [4.78, 5) is 13.5. The van der Waals surface area contributed by atoms with E-state index in [1.54, 1.807) is 6.92 Å². The fourth-order valence-corrected chi connectivity index (χ4v) is 1.57. The number of aliphatic hydroxyl groups excluding tert-OH is 1. The van der Waals surface area contributed by atoms with Crippen molar-refractivity contribution in [1.82, 2.24) is 5.32 Å². The van der Waals surface area contributed by atoms with E-state index in [1.165, 1.54) is 0 Å². The van der Waals surface area contributed by atoms with Gasteiger partial charge in [0, 0.05) is 32.7 Å². The Balaban J connectivity index is 2.37. The van der Waals surface area contributed by atoms with E-state index in [-0.39, 0.29) is 5.91 Å². The molecule has 0 fully saturated rings. The molecule has 1 aromatic carbocycles. The van der Waals surface area contributed by atoms with Crippen molar-refractivity contribution in [2.24, 2.45) is 0 Å². The van der Waals surface area contributed by atoms with Crippen LogP contribution in [0, 0.1) is 0 Å². The van der Waals surface area contributed by atoms with E-state index in [2.05, 4.69) is 5.32 Å². The van der Waals surface area contributed by atoms with Crippen LogP contribution in [0.1, 0.15) is 18.9 Å². The normalized spacial score (nSPS) is 12.0. The fraction of sp³-hybridized carbons (Fsp3) is 0.500. The summed E-state index contributed by atoms with van der Waals surface area (Å²) >= 11 is 0. The maximum absolute atomic E-state index is 11.5. The van der Waals surface area contributed by atoms with E-state index in [4.69, 9.17) is 5.11 Å². The number of amides is 1. The minimum Gasteiger partial charge on any atom is -0.392 e. The molecule has 0 spiro atoms. The Labute approximate surface area is 109 Å². The predicted molar refractivity (Wildman–Crippen MR) is 73.8 cm³/mol. The lowest BCUT2D eigenvalue weighted by Crippen LogP contribution is -2.30. The minimum atomic E-state index is -0.492. The quantitative estimate of drug-likeness (QED) is 0.797. The highest BCUT2D eigenvalue weighted by Crippen LogP contribution is 2.13. The molecule has 0 aliphatic rings. The Morgan fingerprint density at radius 2 is 1.94 bits per heavy atom. The first kappa shape index (κ1) is 14.5. The number of rotatable bonds is 6. The molecule has 2 N–H and O–H groups in total. The van der Waals surface area contributed by atoms with Crippen LogP contribution in [-0.2, 0) is 11.2 Å². The van der Waals surface area contributed by atoms with E-state index in [1.807, 2.05) is 43.3 Å². The number of nitrogens with zero attached hydrogens (tertiary/aromatic N) is 1. The van der Waals surface area contributed by atoms with Gasteiger partial charge in [0.25, 0.3) is 0 Å². The van der Waals surface area contributed by atoms with E-state index >= 15 is 0 Å². The number of carbonyl (C=O) groups is 1. The number of aryl methyl sites for hydroxylation is 1. The van der Waals surface area contributed by atoms with Gasteiger partial charge in [-0.2, -0.15) is 0 Å². The van der Waals surface area contributed by atoms with E-state index < -0.39 is 6.10 Å². The largest absolute Gasteiger partial charge is 0.392 e. The van der Waals surface area contributed by atoms with Crippen molar-refractivity contribution in [3.63, 3.8) is 0 Å². The molecular formula is C14H22N2O2. The van der Waals surface area contributed by atoms with Crippen LogP contribution in [0.4, 0.5) is 5.69 Å². The van der Waals surface area contributed by atoms with Crippen molar-refractivity contribution < 1.29 is 9.90 Å². The van der Waals surface area contributed by atoms with Crippen molar-refractivity contribution in [2.75, 3.05) is 25.5 Å². The number of hydrogen-bond acceptors (Lipinski definition) is 3. The molecule has 1 rings (SSSR count). The second kappa shape index (κ2) is 7.01. The molecule has 0 radical (unpaired) electrons. The third-order valence-electron chi connectivity index (χ3n) is 2.69. The lowest BCUT2D eigenvalue weighted by atomic mass is 10.1. The molecule has 0 aliphatic heterocycles. The van der Waals surface area contributed by atoms with Crippen molar-refractivity contribution in [2.45, 2.75) is 25.9 Å². The van der Waals surface area contributed by atoms with Crippen LogP contribution in [0.25, 0.3) is 0 Å². The van der Waals surface area contributed by atoms with E-state index in [0.717, 1.165) is 17.7 Å². The summed E-state index contributed by atoms with van der Waals surface area (Å²) in [5, 5.41) is 11.7. The molecule has 1 aromatic rings. The summed E-state index contributed by atoms with van der Waals surface area (Å²) in [5.41, 5.74) is 2.30. The number of benzene rings is 1. The van der Waals surface area contributed by atoms with Gasteiger partial charge in [0.15, 0.2) is 0 Å². The van der Waals surface area contributed by atoms with Crippen LogP contribution >= 0.6 is 0 Å². The third kappa shape index (κ3) is 5.19. The lowest BCUT2D eigenvalue weighted by molar-refractivity contribution is -0.121. The molecule has 4 heteroatoms. The van der Waals surface area contributed by atoms with Crippen LogP contribution < -0.4 is 10.2 Å². The van der Waals surface area contributed by atoms with E-state index in [9.17, 15) is 4.79 Å². The fourth-order valence-electron chi connectivity index (χ4n) is 1.57. The standard InChI is InChI=1S/C14H22N2O2/c1-11(17)10-15-14(18)9-6-12-4-7-13(8-5-12)16(2)3/h4-5,7-8,11,17H,6,9-10H2,1-3H3,(H,15,18). The zero-order chi connectivity index (χ0) is 13.5. The number of hydrogen-bond donors (Lipinski definition) is 2. The van der Waals surface area contributed by atoms with Gasteiger partial charge in [0.05, 0.1) is 6.10 Å². The average molecular weight is 250 g/mol. The molecule has 0 aliphatic carbocycles. The zero-order valence-corrected chi connectivity index (χ0v) is 11.3. The second-order valence-electron chi connectivity index (χ2n) is 4.71. The Bertz CT molecular complexity index is 372. The van der Waals surface area contributed by atoms with Crippen LogP contribution in [0.15, 0.2) is 24.3 Å². The highest BCUT2D eigenvalue weighted by molar-refractivity contribution is 5.76. The third-order valence-corrected chi connectivity index (χ3v) is 2.69. The predicted octanol–water partition coefficient (Wildman–Crippen LogP) is 1.18. The van der Waals surface area contributed by atoms with Crippen molar-refractivity contribution in [3.8, 4) is 0 Å². The summed E-state index contributed by atoms with van der Waals surface area (Å²) in [5.74, 6) is -0.0208. The maximum atomic E-state index is 11.5. The zero-order valence-electron chi connectivity index (χ0n) is 11.3. The molecule has 1 amide bonds. The molecule has 100 valence electrons. The van der Waals surface area contributed by atoms with Crippen LogP contribution in [-0.4, -0.2) is 37.8 Å². The van der Waals surface area contributed by atoms with Gasteiger partial charge in [0.1, 0.15) is 0 Å². The van der Waals surface area contributed by atoms with Gasteiger partial charge in [-0.05, 0) is 31.0 Å². The summed E-state index contributed by atoms with van der Waals surface area (Å²) in [6.07, 6.45) is 0.682. The summed E-state index contributed by atoms with van der Waals surface area (Å²) in [7, 11) is 4.00. The first-order valence-electron chi connectivity index (χ1n) is 6.20. The maximum Gasteiger partial charge on any atom is 0.220 e. The monoisotopic (exact) mass is 250 g/mol. The molecule has 0 heterocycles. The van der Waals surface area contributed by atoms with Crippen molar-refractivity contribution in [1.29, 1.82) is 0 Å². The molecule has 4 nitrogen and oxygen atoms in total. The van der Waals surface area contributed by atoms with Gasteiger partial charge >= 0.3 is 0 Å². The molecule has 18 heavy (non-hydrogen) atoms. The van der Waals surface area contributed by atoms with Crippen LogP contribution in [0.5, 0.6) is 0 Å². The van der Waals surface area contributed by atoms with Gasteiger partial charge in [-0.15, -0.1) is 0 Å². The Morgan fingerprint density at radius 3 is 2.44 bits per heavy atom. The molecule has 0 bridgehead atoms. The van der Waals surface area contributed by atoms with Gasteiger partial charge in [-0.3, -0.25) is 4.79 Å². The Kier molecular flexibility index (Phi) is 5.65. The van der Waals surface area contributed by atoms with Crippen LogP contribution in [0.3, 0.4) is 0 Å². The van der Waals surface area contributed by atoms with Crippen LogP contribution in [0.2, 0.25) is 0 Å². The van der Waals surface area contributed by atoms with Gasteiger partial charge in [0.2, 0.25) is 5.91 Å². The van der Waals surface area contributed by atoms with E-state index in [0.29, 0.717) is 13.0 Å². The first-order valence-corrected chi connectivity index (χ1v) is 6.20. The highest BCUT2D eigenvalue weighted by atomic mass is 16.3. The van der Waals surface area contributed by atoms with Crippen molar-refractivity contribution in [3.05, 3.63) is 29.8 Å². The molecule has 1 atom stereocenters. The first-order chi connectivity index (χ1) is 8.49. The number of anilines is 1. The van der Waals surface area contributed by atoms with Gasteiger partial charge < -0.3 is 15.3 Å². The number of aliphatic hydroxyl groups is 1. The number of carbonyl (C=O) groups excluding carboxylic acids is 1. The summed E-state index contributed by atoms with van der Waals surface area (Å²) < 4.78 is 0.